The van der Waals surface area contributed by atoms with E-state index in [4.69, 9.17) is 10.5 Å². The molecule has 9 heteroatoms. The Hall–Kier alpha value is 0.920. The van der Waals surface area contributed by atoms with Crippen LogP contribution in [0.4, 0.5) is 4.79 Å². The highest BCUT2D eigenvalue weighted by Crippen LogP contribution is 2.29. The predicted molar refractivity (Wildman–Crippen MR) is 107 cm³/mol. The Bertz CT molecular complexity index is 307. The van der Waals surface area contributed by atoms with Gasteiger partial charge in [-0.3, -0.25) is 0 Å². The Morgan fingerprint density at radius 3 is 2.05 bits per heavy atom. The average Bonchev–Trinajstić information content (AvgIpc) is 2.39. The molecule has 2 saturated heterocycles. The number of rotatable bonds is 1. The Morgan fingerprint density at radius 1 is 1.09 bits per heavy atom. The van der Waals surface area contributed by atoms with E-state index in [2.05, 4.69) is 5.32 Å². The first-order chi connectivity index (χ1) is 9.87. The molecule has 0 unspecified atom stereocenters. The Balaban J connectivity index is 0.000000465. The third-order valence-corrected chi connectivity index (χ3v) is 7.62. The predicted octanol–water partition coefficient (Wildman–Crippen LogP) is 4.19. The second-order valence-electron chi connectivity index (χ2n) is 5.89. The fourth-order valence-electron chi connectivity index (χ4n) is 1.53. The maximum atomic E-state index is 11.4. The van der Waals surface area contributed by atoms with Crippen LogP contribution in [-0.2, 0) is 4.74 Å². The molecule has 2 aliphatic heterocycles. The van der Waals surface area contributed by atoms with Crippen molar-refractivity contribution >= 4 is 61.7 Å². The van der Waals surface area contributed by atoms with Gasteiger partial charge in [0.15, 0.2) is 0 Å². The SMILES string of the molecule is CC(C)(C)OC(=O)N[C@H]1CCSSC1.Cl.N[C@H]1CCSSC1. The average molecular weight is 407 g/mol. The molecule has 2 atom stereocenters. The van der Waals surface area contributed by atoms with Crippen molar-refractivity contribution in [2.24, 2.45) is 5.73 Å². The molecule has 0 radical (unpaired) electrons. The molecule has 0 aromatic rings. The van der Waals surface area contributed by atoms with Gasteiger partial charge in [-0.05, 0) is 33.6 Å². The summed E-state index contributed by atoms with van der Waals surface area (Å²) in [6.45, 7) is 5.62. The number of carbonyl (C=O) groups excluding carboxylic acids is 1. The van der Waals surface area contributed by atoms with Crippen molar-refractivity contribution in [3.63, 3.8) is 0 Å². The summed E-state index contributed by atoms with van der Waals surface area (Å²) in [5, 5.41) is 2.88. The van der Waals surface area contributed by atoms with E-state index in [-0.39, 0.29) is 24.5 Å². The summed E-state index contributed by atoms with van der Waals surface area (Å²) in [6.07, 6.45) is 1.95. The molecule has 0 aliphatic carbocycles. The lowest BCUT2D eigenvalue weighted by Crippen LogP contribution is -2.41. The van der Waals surface area contributed by atoms with Crippen LogP contribution in [0.15, 0.2) is 0 Å². The Labute approximate surface area is 156 Å². The van der Waals surface area contributed by atoms with Crippen molar-refractivity contribution < 1.29 is 9.53 Å². The van der Waals surface area contributed by atoms with Gasteiger partial charge in [-0.15, -0.1) is 12.4 Å². The summed E-state index contributed by atoms with van der Waals surface area (Å²) in [7, 11) is 7.50. The number of amides is 1. The summed E-state index contributed by atoms with van der Waals surface area (Å²) in [6, 6.07) is 0.752. The van der Waals surface area contributed by atoms with Gasteiger partial charge in [-0.25, -0.2) is 4.79 Å². The van der Waals surface area contributed by atoms with Gasteiger partial charge >= 0.3 is 6.09 Å². The van der Waals surface area contributed by atoms with E-state index in [1.54, 1.807) is 0 Å². The molecule has 0 saturated carbocycles. The number of carbonyl (C=O) groups is 1. The molecule has 132 valence electrons. The standard InChI is InChI=1S/C9H17NO2S2.C4H9NS2.ClH/c1-9(2,3)12-8(11)10-7-4-5-13-14-6-7;5-4-1-2-6-7-3-4;/h7H,4-6H2,1-3H3,(H,10,11);4H,1-3,5H2;1H/t7-;4-;/m00./s1. The highest BCUT2D eigenvalue weighted by molar-refractivity contribution is 8.77. The summed E-state index contributed by atoms with van der Waals surface area (Å²) in [5.41, 5.74) is 5.20. The summed E-state index contributed by atoms with van der Waals surface area (Å²) in [5.74, 6) is 4.46. The third-order valence-electron chi connectivity index (χ3n) is 2.56. The molecule has 0 bridgehead atoms. The van der Waals surface area contributed by atoms with Crippen molar-refractivity contribution in [1.82, 2.24) is 5.32 Å². The number of halogens is 1. The van der Waals surface area contributed by atoms with Crippen molar-refractivity contribution in [2.45, 2.75) is 51.3 Å². The van der Waals surface area contributed by atoms with E-state index in [9.17, 15) is 4.79 Å². The molecule has 3 N–H and O–H groups in total. The fraction of sp³-hybridized carbons (Fsp3) is 0.923. The molecule has 22 heavy (non-hydrogen) atoms. The zero-order chi connectivity index (χ0) is 15.7. The third kappa shape index (κ3) is 12.4. The van der Waals surface area contributed by atoms with Crippen molar-refractivity contribution in [3.05, 3.63) is 0 Å². The largest absolute Gasteiger partial charge is 0.444 e. The van der Waals surface area contributed by atoms with Gasteiger partial charge in [-0.1, -0.05) is 43.2 Å². The van der Waals surface area contributed by atoms with E-state index >= 15 is 0 Å². The van der Waals surface area contributed by atoms with Gasteiger partial charge in [0.05, 0.1) is 0 Å². The molecule has 2 fully saturated rings. The number of hydrogen-bond acceptors (Lipinski definition) is 7. The molecule has 0 aromatic carbocycles. The maximum absolute atomic E-state index is 11.4. The van der Waals surface area contributed by atoms with Crippen LogP contribution >= 0.6 is 55.6 Å². The van der Waals surface area contributed by atoms with Gasteiger partial charge in [0.1, 0.15) is 5.60 Å². The fourth-order valence-corrected chi connectivity index (χ4v) is 6.37. The van der Waals surface area contributed by atoms with Crippen LogP contribution in [-0.4, -0.2) is 46.8 Å². The minimum atomic E-state index is -0.402. The lowest BCUT2D eigenvalue weighted by molar-refractivity contribution is 0.0508. The monoisotopic (exact) mass is 406 g/mol. The topological polar surface area (TPSA) is 64.3 Å². The normalized spacial score (nSPS) is 25.1. The highest BCUT2D eigenvalue weighted by atomic mass is 35.5. The first kappa shape index (κ1) is 22.9. The summed E-state index contributed by atoms with van der Waals surface area (Å²) < 4.78 is 5.17. The Morgan fingerprint density at radius 2 is 1.68 bits per heavy atom. The lowest BCUT2D eigenvalue weighted by atomic mass is 10.2. The summed E-state index contributed by atoms with van der Waals surface area (Å²) in [4.78, 5) is 11.4. The first-order valence-electron chi connectivity index (χ1n) is 7.11. The second-order valence-corrected chi connectivity index (χ2v) is 11.1. The highest BCUT2D eigenvalue weighted by Gasteiger charge is 2.21. The van der Waals surface area contributed by atoms with Gasteiger partial charge in [0.25, 0.3) is 0 Å². The zero-order valence-electron chi connectivity index (χ0n) is 13.3. The van der Waals surface area contributed by atoms with E-state index < -0.39 is 5.60 Å². The molecule has 1 amide bonds. The van der Waals surface area contributed by atoms with Crippen molar-refractivity contribution in [3.8, 4) is 0 Å². The zero-order valence-corrected chi connectivity index (χ0v) is 17.4. The Kier molecular flexibility index (Phi) is 12.8. The van der Waals surface area contributed by atoms with Crippen LogP contribution < -0.4 is 11.1 Å². The van der Waals surface area contributed by atoms with Gasteiger partial charge in [0, 0.05) is 35.1 Å². The minimum absolute atomic E-state index is 0. The van der Waals surface area contributed by atoms with E-state index in [0.717, 1.165) is 23.7 Å². The molecular weight excluding hydrogens is 380 g/mol. The van der Waals surface area contributed by atoms with E-state index in [0.29, 0.717) is 6.04 Å². The first-order valence-corrected chi connectivity index (χ1v) is 12.1. The quantitative estimate of drug-likeness (QED) is 0.633. The summed E-state index contributed by atoms with van der Waals surface area (Å²) >= 11 is 0. The molecule has 2 heterocycles. The smallest absolute Gasteiger partial charge is 0.407 e. The van der Waals surface area contributed by atoms with E-state index in [1.165, 1.54) is 12.2 Å². The van der Waals surface area contributed by atoms with E-state index in [1.807, 2.05) is 63.9 Å². The van der Waals surface area contributed by atoms with Crippen LogP contribution in [0, 0.1) is 0 Å². The van der Waals surface area contributed by atoms with Gasteiger partial charge in [0.2, 0.25) is 0 Å². The van der Waals surface area contributed by atoms with Crippen LogP contribution in [0.5, 0.6) is 0 Å². The van der Waals surface area contributed by atoms with Crippen molar-refractivity contribution in [2.75, 3.05) is 23.0 Å². The lowest BCUT2D eigenvalue weighted by Gasteiger charge is -2.25. The number of nitrogens with two attached hydrogens (primary N) is 1. The molecule has 2 rings (SSSR count). The molecule has 4 nitrogen and oxygen atoms in total. The molecule has 2 aliphatic rings. The van der Waals surface area contributed by atoms with Crippen LogP contribution in [0.25, 0.3) is 0 Å². The number of nitrogens with one attached hydrogen (secondary N) is 1. The molecular formula is C13H27ClN2O2S4. The number of ether oxygens (including phenoxy) is 1. The number of hydrogen-bond donors (Lipinski definition) is 2. The van der Waals surface area contributed by atoms with Crippen LogP contribution in [0.1, 0.15) is 33.6 Å². The maximum Gasteiger partial charge on any atom is 0.407 e. The van der Waals surface area contributed by atoms with Gasteiger partial charge in [-0.2, -0.15) is 0 Å². The van der Waals surface area contributed by atoms with Gasteiger partial charge < -0.3 is 15.8 Å². The van der Waals surface area contributed by atoms with Crippen molar-refractivity contribution in [1.29, 1.82) is 0 Å². The molecule has 0 aromatic heterocycles. The molecule has 0 spiro atoms. The van der Waals surface area contributed by atoms with Crippen LogP contribution in [0.3, 0.4) is 0 Å². The minimum Gasteiger partial charge on any atom is -0.444 e. The van der Waals surface area contributed by atoms with Crippen LogP contribution in [0.2, 0.25) is 0 Å². The number of alkyl carbamates (subject to hydrolysis) is 1. The second kappa shape index (κ2) is 12.3.